The molecule has 0 saturated heterocycles. The summed E-state index contributed by atoms with van der Waals surface area (Å²) < 4.78 is 13.5. The van der Waals surface area contributed by atoms with Gasteiger partial charge in [-0.25, -0.2) is 9.37 Å². The minimum atomic E-state index is -0.462. The number of nitrogens with one attached hydrogen (secondary N) is 1. The largest absolute Gasteiger partial charge is 0.319 e. The standard InChI is InChI=1S/C14H9FN4O/c15-10-6-9-2-1-3-18-13(9)11(7-10)19-14(20)12-8-16-4-5-17-12/h1-8H,(H,19,20). The summed E-state index contributed by atoms with van der Waals surface area (Å²) >= 11 is 0. The number of carbonyl (C=O) groups is 1. The maximum Gasteiger partial charge on any atom is 0.275 e. The predicted molar refractivity (Wildman–Crippen MR) is 71.7 cm³/mol. The van der Waals surface area contributed by atoms with E-state index in [4.69, 9.17) is 0 Å². The Kier molecular flexibility index (Phi) is 3.04. The van der Waals surface area contributed by atoms with Crippen LogP contribution in [0.1, 0.15) is 10.5 Å². The first kappa shape index (κ1) is 12.2. The Morgan fingerprint density at radius 2 is 2.05 bits per heavy atom. The lowest BCUT2D eigenvalue weighted by Crippen LogP contribution is -2.14. The maximum absolute atomic E-state index is 13.5. The van der Waals surface area contributed by atoms with Crippen LogP contribution in [0, 0.1) is 5.82 Å². The number of hydrogen-bond donors (Lipinski definition) is 1. The van der Waals surface area contributed by atoms with E-state index in [9.17, 15) is 9.18 Å². The first-order valence-corrected chi connectivity index (χ1v) is 5.86. The molecule has 5 nitrogen and oxygen atoms in total. The number of nitrogens with zero attached hydrogens (tertiary/aromatic N) is 3. The second-order valence-electron chi connectivity index (χ2n) is 4.07. The Morgan fingerprint density at radius 3 is 2.85 bits per heavy atom. The average Bonchev–Trinajstić information content (AvgIpc) is 2.48. The molecule has 0 spiro atoms. The van der Waals surface area contributed by atoms with Crippen molar-refractivity contribution < 1.29 is 9.18 Å². The Balaban J connectivity index is 2.01. The van der Waals surface area contributed by atoms with E-state index in [-0.39, 0.29) is 5.69 Å². The molecule has 3 aromatic rings. The minimum Gasteiger partial charge on any atom is -0.319 e. The van der Waals surface area contributed by atoms with Crippen LogP contribution in [0.25, 0.3) is 10.9 Å². The zero-order chi connectivity index (χ0) is 13.9. The number of rotatable bonds is 2. The fourth-order valence-corrected chi connectivity index (χ4v) is 1.85. The van der Waals surface area contributed by atoms with Gasteiger partial charge in [0, 0.05) is 24.0 Å². The highest BCUT2D eigenvalue weighted by Gasteiger charge is 2.11. The van der Waals surface area contributed by atoms with Gasteiger partial charge >= 0.3 is 0 Å². The van der Waals surface area contributed by atoms with E-state index in [0.29, 0.717) is 16.6 Å². The van der Waals surface area contributed by atoms with Crippen molar-refractivity contribution in [2.45, 2.75) is 0 Å². The number of amides is 1. The van der Waals surface area contributed by atoms with E-state index in [0.717, 1.165) is 0 Å². The van der Waals surface area contributed by atoms with E-state index in [1.807, 2.05) is 0 Å². The minimum absolute atomic E-state index is 0.154. The van der Waals surface area contributed by atoms with E-state index >= 15 is 0 Å². The third-order valence-electron chi connectivity index (χ3n) is 2.71. The van der Waals surface area contributed by atoms with Crippen molar-refractivity contribution in [1.82, 2.24) is 15.0 Å². The van der Waals surface area contributed by atoms with Gasteiger partial charge in [-0.1, -0.05) is 6.07 Å². The summed E-state index contributed by atoms with van der Waals surface area (Å²) in [6, 6.07) is 6.02. The molecule has 1 amide bonds. The van der Waals surface area contributed by atoms with Gasteiger partial charge < -0.3 is 5.32 Å². The molecule has 98 valence electrons. The van der Waals surface area contributed by atoms with Crippen molar-refractivity contribution in [3.8, 4) is 0 Å². The molecule has 3 rings (SSSR count). The molecular formula is C14H9FN4O. The molecule has 6 heteroatoms. The van der Waals surface area contributed by atoms with Gasteiger partial charge in [-0.3, -0.25) is 14.8 Å². The lowest BCUT2D eigenvalue weighted by atomic mass is 10.2. The molecule has 1 N–H and O–H groups in total. The number of aromatic nitrogens is 3. The Morgan fingerprint density at radius 1 is 1.15 bits per heavy atom. The molecule has 0 aliphatic carbocycles. The molecule has 2 heterocycles. The summed E-state index contributed by atoms with van der Waals surface area (Å²) in [5.74, 6) is -0.907. The van der Waals surface area contributed by atoms with Gasteiger partial charge in [-0.2, -0.15) is 0 Å². The van der Waals surface area contributed by atoms with Crippen LogP contribution in [-0.2, 0) is 0 Å². The molecule has 0 fully saturated rings. The number of hydrogen-bond acceptors (Lipinski definition) is 4. The second kappa shape index (κ2) is 5.00. The second-order valence-corrected chi connectivity index (χ2v) is 4.07. The molecular weight excluding hydrogens is 259 g/mol. The molecule has 2 aromatic heterocycles. The van der Waals surface area contributed by atoms with Crippen LogP contribution in [0.2, 0.25) is 0 Å². The quantitative estimate of drug-likeness (QED) is 0.775. The molecule has 1 aromatic carbocycles. The van der Waals surface area contributed by atoms with Crippen LogP contribution in [0.4, 0.5) is 10.1 Å². The lowest BCUT2D eigenvalue weighted by Gasteiger charge is -2.07. The number of carbonyl (C=O) groups excluding carboxylic acids is 1. The van der Waals surface area contributed by atoms with Crippen molar-refractivity contribution in [3.05, 3.63) is 60.6 Å². The molecule has 0 aliphatic rings. The molecule has 0 saturated carbocycles. The van der Waals surface area contributed by atoms with Gasteiger partial charge in [0.1, 0.15) is 11.5 Å². The Bertz CT molecular complexity index is 776. The van der Waals surface area contributed by atoms with Crippen molar-refractivity contribution in [2.75, 3.05) is 5.32 Å². The summed E-state index contributed by atoms with van der Waals surface area (Å²) in [6.07, 6.45) is 5.80. The first-order valence-electron chi connectivity index (χ1n) is 5.86. The van der Waals surface area contributed by atoms with Crippen molar-refractivity contribution >= 4 is 22.5 Å². The normalized spacial score (nSPS) is 10.4. The molecule has 0 unspecified atom stereocenters. The fraction of sp³-hybridized carbons (Fsp3) is 0. The summed E-state index contributed by atoms with van der Waals surface area (Å²) in [4.78, 5) is 23.9. The van der Waals surface area contributed by atoms with Crippen LogP contribution in [0.3, 0.4) is 0 Å². The van der Waals surface area contributed by atoms with E-state index in [1.165, 1.54) is 30.7 Å². The van der Waals surface area contributed by atoms with E-state index < -0.39 is 11.7 Å². The van der Waals surface area contributed by atoms with Gasteiger partial charge in [0.25, 0.3) is 5.91 Å². The smallest absolute Gasteiger partial charge is 0.275 e. The topological polar surface area (TPSA) is 67.8 Å². The lowest BCUT2D eigenvalue weighted by molar-refractivity contribution is 0.102. The van der Waals surface area contributed by atoms with E-state index in [1.54, 1.807) is 18.3 Å². The van der Waals surface area contributed by atoms with Gasteiger partial charge in [0.2, 0.25) is 0 Å². The van der Waals surface area contributed by atoms with Crippen molar-refractivity contribution in [2.24, 2.45) is 0 Å². The van der Waals surface area contributed by atoms with Crippen molar-refractivity contribution in [3.63, 3.8) is 0 Å². The van der Waals surface area contributed by atoms with Gasteiger partial charge in [0.05, 0.1) is 17.4 Å². The maximum atomic E-state index is 13.5. The summed E-state index contributed by atoms with van der Waals surface area (Å²) in [5.41, 5.74) is 0.975. The summed E-state index contributed by atoms with van der Waals surface area (Å²) in [7, 11) is 0. The number of halogens is 1. The van der Waals surface area contributed by atoms with E-state index in [2.05, 4.69) is 20.3 Å². The van der Waals surface area contributed by atoms with Gasteiger partial charge in [-0.05, 0) is 18.2 Å². The Hall–Kier alpha value is -2.89. The van der Waals surface area contributed by atoms with Crippen LogP contribution in [0.5, 0.6) is 0 Å². The molecule has 0 bridgehead atoms. The molecule has 0 aliphatic heterocycles. The highest BCUT2D eigenvalue weighted by molar-refractivity contribution is 6.07. The molecule has 20 heavy (non-hydrogen) atoms. The number of pyridine rings is 1. The molecule has 0 radical (unpaired) electrons. The monoisotopic (exact) mass is 268 g/mol. The zero-order valence-corrected chi connectivity index (χ0v) is 10.2. The van der Waals surface area contributed by atoms with Gasteiger partial charge in [-0.15, -0.1) is 0 Å². The summed E-state index contributed by atoms with van der Waals surface area (Å²) in [6.45, 7) is 0. The summed E-state index contributed by atoms with van der Waals surface area (Å²) in [5, 5.41) is 3.21. The number of fused-ring (bicyclic) bond motifs is 1. The number of anilines is 1. The van der Waals surface area contributed by atoms with Crippen LogP contribution >= 0.6 is 0 Å². The number of benzene rings is 1. The average molecular weight is 268 g/mol. The molecule has 0 atom stereocenters. The zero-order valence-electron chi connectivity index (χ0n) is 10.2. The Labute approximate surface area is 113 Å². The van der Waals surface area contributed by atoms with Crippen molar-refractivity contribution in [1.29, 1.82) is 0 Å². The third-order valence-corrected chi connectivity index (χ3v) is 2.71. The third kappa shape index (κ3) is 2.31. The van der Waals surface area contributed by atoms with Gasteiger partial charge in [0.15, 0.2) is 0 Å². The highest BCUT2D eigenvalue weighted by atomic mass is 19.1. The highest BCUT2D eigenvalue weighted by Crippen LogP contribution is 2.23. The van der Waals surface area contributed by atoms with Crippen LogP contribution < -0.4 is 5.32 Å². The fourth-order valence-electron chi connectivity index (χ4n) is 1.85. The first-order chi connectivity index (χ1) is 9.74. The van der Waals surface area contributed by atoms with Crippen LogP contribution in [-0.4, -0.2) is 20.9 Å². The van der Waals surface area contributed by atoms with Crippen LogP contribution in [0.15, 0.2) is 49.1 Å². The SMILES string of the molecule is O=C(Nc1cc(F)cc2cccnc12)c1cnccn1. The predicted octanol–water partition coefficient (Wildman–Crippen LogP) is 2.42.